The molecule has 1 saturated heterocycles. The van der Waals surface area contributed by atoms with Gasteiger partial charge in [-0.1, -0.05) is 12.1 Å². The van der Waals surface area contributed by atoms with Gasteiger partial charge >= 0.3 is 5.97 Å². The van der Waals surface area contributed by atoms with Crippen LogP contribution < -0.4 is 4.74 Å². The third-order valence-corrected chi connectivity index (χ3v) is 3.93. The number of hydrogen-bond donors (Lipinski definition) is 1. The fourth-order valence-electron chi connectivity index (χ4n) is 2.77. The Hall–Kier alpha value is -1.55. The molecular weight excluding hydrogens is 254 g/mol. The van der Waals surface area contributed by atoms with Crippen molar-refractivity contribution >= 4 is 5.97 Å². The SMILES string of the molecule is CCOc1ccc(CN2CCCC(C)(C(=O)O)C2)cc1. The van der Waals surface area contributed by atoms with Crippen molar-refractivity contribution < 1.29 is 14.6 Å². The van der Waals surface area contributed by atoms with Crippen LogP contribution >= 0.6 is 0 Å². The second kappa shape index (κ2) is 6.27. The summed E-state index contributed by atoms with van der Waals surface area (Å²) in [6.45, 7) is 6.87. The molecule has 1 atom stereocenters. The van der Waals surface area contributed by atoms with Crippen molar-refractivity contribution in [2.24, 2.45) is 5.41 Å². The summed E-state index contributed by atoms with van der Waals surface area (Å²) >= 11 is 0. The van der Waals surface area contributed by atoms with E-state index in [1.807, 2.05) is 26.0 Å². The van der Waals surface area contributed by atoms with Gasteiger partial charge in [-0.15, -0.1) is 0 Å². The molecule has 4 nitrogen and oxygen atoms in total. The lowest BCUT2D eigenvalue weighted by atomic mass is 9.82. The van der Waals surface area contributed by atoms with Crippen LogP contribution in [0.5, 0.6) is 5.75 Å². The van der Waals surface area contributed by atoms with Crippen LogP contribution in [0.4, 0.5) is 0 Å². The van der Waals surface area contributed by atoms with Crippen LogP contribution in [-0.4, -0.2) is 35.7 Å². The second-order valence-corrected chi connectivity index (χ2v) is 5.76. The zero-order valence-corrected chi connectivity index (χ0v) is 12.3. The van der Waals surface area contributed by atoms with Gasteiger partial charge in [-0.25, -0.2) is 0 Å². The van der Waals surface area contributed by atoms with Crippen molar-refractivity contribution in [2.75, 3.05) is 19.7 Å². The molecule has 1 unspecified atom stereocenters. The molecule has 0 aromatic heterocycles. The number of likely N-dealkylation sites (tertiary alicyclic amines) is 1. The molecule has 110 valence electrons. The van der Waals surface area contributed by atoms with Crippen molar-refractivity contribution in [2.45, 2.75) is 33.2 Å². The van der Waals surface area contributed by atoms with Crippen molar-refractivity contribution in [3.63, 3.8) is 0 Å². The topological polar surface area (TPSA) is 49.8 Å². The molecule has 1 aliphatic rings. The third kappa shape index (κ3) is 3.51. The number of benzene rings is 1. The van der Waals surface area contributed by atoms with E-state index in [4.69, 9.17) is 4.74 Å². The van der Waals surface area contributed by atoms with Gasteiger partial charge in [-0.3, -0.25) is 9.69 Å². The Morgan fingerprint density at radius 3 is 2.70 bits per heavy atom. The number of ether oxygens (including phenoxy) is 1. The highest BCUT2D eigenvalue weighted by atomic mass is 16.5. The minimum Gasteiger partial charge on any atom is -0.494 e. The number of rotatable bonds is 5. The molecular formula is C16H23NO3. The van der Waals surface area contributed by atoms with Gasteiger partial charge in [-0.2, -0.15) is 0 Å². The van der Waals surface area contributed by atoms with E-state index in [1.54, 1.807) is 0 Å². The molecule has 0 amide bonds. The number of nitrogens with zero attached hydrogens (tertiary/aromatic N) is 1. The molecule has 0 radical (unpaired) electrons. The highest BCUT2D eigenvalue weighted by molar-refractivity contribution is 5.74. The van der Waals surface area contributed by atoms with Crippen molar-refractivity contribution in [1.29, 1.82) is 0 Å². The maximum absolute atomic E-state index is 11.3. The van der Waals surface area contributed by atoms with Gasteiger partial charge in [0.25, 0.3) is 0 Å². The van der Waals surface area contributed by atoms with Crippen LogP contribution in [0.3, 0.4) is 0 Å². The third-order valence-electron chi connectivity index (χ3n) is 3.93. The molecule has 1 aromatic rings. The van der Waals surface area contributed by atoms with E-state index in [2.05, 4.69) is 17.0 Å². The Balaban J connectivity index is 1.97. The Kier molecular flexibility index (Phi) is 4.65. The van der Waals surface area contributed by atoms with Crippen LogP contribution in [0.2, 0.25) is 0 Å². The standard InChI is InChI=1S/C16H23NO3/c1-3-20-14-7-5-13(6-8-14)11-17-10-4-9-16(2,12-17)15(18)19/h5-8H,3-4,9-12H2,1-2H3,(H,18,19). The predicted molar refractivity (Wildman–Crippen MR) is 77.9 cm³/mol. The molecule has 1 aliphatic heterocycles. The van der Waals surface area contributed by atoms with E-state index in [-0.39, 0.29) is 0 Å². The van der Waals surface area contributed by atoms with Gasteiger partial charge in [0.1, 0.15) is 5.75 Å². The molecule has 20 heavy (non-hydrogen) atoms. The number of aliphatic carboxylic acids is 1. The molecule has 1 fully saturated rings. The van der Waals surface area contributed by atoms with Gasteiger partial charge in [0, 0.05) is 13.1 Å². The van der Waals surface area contributed by atoms with Crippen molar-refractivity contribution in [3.05, 3.63) is 29.8 Å². The number of piperidine rings is 1. The van der Waals surface area contributed by atoms with Crippen LogP contribution in [0.25, 0.3) is 0 Å². The fraction of sp³-hybridized carbons (Fsp3) is 0.562. The van der Waals surface area contributed by atoms with Gasteiger partial charge < -0.3 is 9.84 Å². The van der Waals surface area contributed by atoms with E-state index in [0.717, 1.165) is 31.7 Å². The average molecular weight is 277 g/mol. The molecule has 2 rings (SSSR count). The first kappa shape index (κ1) is 14.9. The van der Waals surface area contributed by atoms with E-state index in [9.17, 15) is 9.90 Å². The summed E-state index contributed by atoms with van der Waals surface area (Å²) in [5.41, 5.74) is 0.590. The second-order valence-electron chi connectivity index (χ2n) is 5.76. The molecule has 0 saturated carbocycles. The van der Waals surface area contributed by atoms with E-state index in [0.29, 0.717) is 13.2 Å². The quantitative estimate of drug-likeness (QED) is 0.899. The molecule has 4 heteroatoms. The Morgan fingerprint density at radius 2 is 2.10 bits per heavy atom. The van der Waals surface area contributed by atoms with E-state index < -0.39 is 11.4 Å². The highest BCUT2D eigenvalue weighted by Gasteiger charge is 2.37. The Bertz CT molecular complexity index is 457. The summed E-state index contributed by atoms with van der Waals surface area (Å²) in [4.78, 5) is 13.6. The van der Waals surface area contributed by atoms with Crippen molar-refractivity contribution in [3.8, 4) is 5.75 Å². The summed E-state index contributed by atoms with van der Waals surface area (Å²) in [6, 6.07) is 8.05. The summed E-state index contributed by atoms with van der Waals surface area (Å²) in [7, 11) is 0. The van der Waals surface area contributed by atoms with Gasteiger partial charge in [0.2, 0.25) is 0 Å². The highest BCUT2D eigenvalue weighted by Crippen LogP contribution is 2.30. The zero-order chi connectivity index (χ0) is 14.6. The normalized spacial score (nSPS) is 23.5. The van der Waals surface area contributed by atoms with Gasteiger partial charge in [-0.05, 0) is 50.9 Å². The first-order valence-corrected chi connectivity index (χ1v) is 7.21. The number of carbonyl (C=O) groups is 1. The lowest BCUT2D eigenvalue weighted by molar-refractivity contribution is -0.151. The summed E-state index contributed by atoms with van der Waals surface area (Å²) in [5.74, 6) is 0.194. The van der Waals surface area contributed by atoms with Crippen LogP contribution in [0.1, 0.15) is 32.3 Å². The fourth-order valence-corrected chi connectivity index (χ4v) is 2.77. The van der Waals surface area contributed by atoms with Gasteiger partial charge in [0.15, 0.2) is 0 Å². The van der Waals surface area contributed by atoms with Crippen LogP contribution in [0, 0.1) is 5.41 Å². The predicted octanol–water partition coefficient (Wildman–Crippen LogP) is 2.77. The number of carboxylic acid groups (broad SMARTS) is 1. The summed E-state index contributed by atoms with van der Waals surface area (Å²) in [5, 5.41) is 9.33. The zero-order valence-electron chi connectivity index (χ0n) is 12.3. The maximum atomic E-state index is 11.3. The molecule has 1 heterocycles. The minimum atomic E-state index is -0.686. The van der Waals surface area contributed by atoms with Gasteiger partial charge in [0.05, 0.1) is 12.0 Å². The monoisotopic (exact) mass is 277 g/mol. The van der Waals surface area contributed by atoms with E-state index >= 15 is 0 Å². The average Bonchev–Trinajstić information content (AvgIpc) is 2.41. The number of hydrogen-bond acceptors (Lipinski definition) is 3. The first-order chi connectivity index (χ1) is 9.53. The largest absolute Gasteiger partial charge is 0.494 e. The van der Waals surface area contributed by atoms with Crippen LogP contribution in [0.15, 0.2) is 24.3 Å². The summed E-state index contributed by atoms with van der Waals surface area (Å²) < 4.78 is 5.42. The molecule has 0 aliphatic carbocycles. The first-order valence-electron chi connectivity index (χ1n) is 7.21. The summed E-state index contributed by atoms with van der Waals surface area (Å²) in [6.07, 6.45) is 1.71. The lowest BCUT2D eigenvalue weighted by Gasteiger charge is -2.37. The molecule has 0 bridgehead atoms. The smallest absolute Gasteiger partial charge is 0.310 e. The lowest BCUT2D eigenvalue weighted by Crippen LogP contribution is -2.45. The molecule has 0 spiro atoms. The van der Waals surface area contributed by atoms with E-state index in [1.165, 1.54) is 5.56 Å². The van der Waals surface area contributed by atoms with Crippen LogP contribution in [-0.2, 0) is 11.3 Å². The molecule has 1 N–H and O–H groups in total. The minimum absolute atomic E-state index is 0.608. The maximum Gasteiger partial charge on any atom is 0.310 e. The Labute approximate surface area is 120 Å². The number of carboxylic acids is 1. The Morgan fingerprint density at radius 1 is 1.40 bits per heavy atom. The van der Waals surface area contributed by atoms with Crippen molar-refractivity contribution in [1.82, 2.24) is 4.90 Å². The molecule has 1 aromatic carbocycles.